The molecule has 0 saturated carbocycles. The number of unbranched alkanes of at least 4 members (excludes halogenated alkanes) is 20. The molecule has 0 rings (SSSR count). The fourth-order valence-electron chi connectivity index (χ4n) is 7.02. The van der Waals surface area contributed by atoms with E-state index in [9.17, 15) is 14.4 Å². The lowest BCUT2D eigenvalue weighted by atomic mass is 10.1. The zero-order valence-corrected chi connectivity index (χ0v) is 42.2. The molecule has 0 aromatic rings. The Balaban J connectivity index is 4.49. The van der Waals surface area contributed by atoms with Crippen LogP contribution in [0.3, 0.4) is 0 Å². The van der Waals surface area contributed by atoms with Crippen molar-refractivity contribution in [1.82, 2.24) is 0 Å². The van der Waals surface area contributed by atoms with E-state index in [1.807, 2.05) is 0 Å². The van der Waals surface area contributed by atoms with Crippen molar-refractivity contribution in [1.29, 1.82) is 0 Å². The molecular weight excluding hydrogens is 805 g/mol. The van der Waals surface area contributed by atoms with Crippen LogP contribution >= 0.6 is 0 Å². The SMILES string of the molecule is CC/C=C\C/C=C\C/C=C\C/C=C\CCCCC(=O)O[C@H](COC(=O)CCCCCCC/C=C\C/C=C\CCCCC)COC(=O)CCCCCCCCC/C=C\C/C=C\CCCCC. The van der Waals surface area contributed by atoms with E-state index in [2.05, 4.69) is 118 Å². The summed E-state index contributed by atoms with van der Waals surface area (Å²) < 4.78 is 16.8. The molecule has 0 aromatic carbocycles. The van der Waals surface area contributed by atoms with E-state index < -0.39 is 6.10 Å². The van der Waals surface area contributed by atoms with Crippen LogP contribution in [-0.2, 0) is 28.6 Å². The molecule has 0 spiro atoms. The molecule has 0 aliphatic rings. The van der Waals surface area contributed by atoms with Crippen LogP contribution in [0.4, 0.5) is 0 Å². The Hall–Kier alpha value is -3.67. The van der Waals surface area contributed by atoms with Gasteiger partial charge in [0.25, 0.3) is 0 Å². The quantitative estimate of drug-likeness (QED) is 0.0262. The van der Waals surface area contributed by atoms with Gasteiger partial charge in [0.1, 0.15) is 13.2 Å². The highest BCUT2D eigenvalue weighted by Crippen LogP contribution is 2.13. The Morgan fingerprint density at radius 2 is 0.600 bits per heavy atom. The number of hydrogen-bond acceptors (Lipinski definition) is 6. The fraction of sp³-hybridized carbons (Fsp3) is 0.678. The predicted octanol–water partition coefficient (Wildman–Crippen LogP) is 17.8. The number of ether oxygens (including phenoxy) is 3. The third-order valence-electron chi connectivity index (χ3n) is 11.0. The maximum Gasteiger partial charge on any atom is 0.306 e. The van der Waals surface area contributed by atoms with E-state index in [1.165, 1.54) is 77.0 Å². The average molecular weight is 903 g/mol. The highest BCUT2D eigenvalue weighted by atomic mass is 16.6. The van der Waals surface area contributed by atoms with Gasteiger partial charge in [-0.15, -0.1) is 0 Å². The molecule has 0 aliphatic heterocycles. The third-order valence-corrected chi connectivity index (χ3v) is 11.0. The molecular formula is C59H98O6. The summed E-state index contributed by atoms with van der Waals surface area (Å²) in [5.41, 5.74) is 0. The standard InChI is InChI=1S/C59H98O6/c1-4-7-10-13-16-19-22-25-28-29-32-34-37-40-43-46-49-52-58(61)64-55-56(65-59(62)53-50-47-44-41-38-35-31-27-24-21-18-15-12-9-6-3)54-63-57(60)51-48-45-42-39-36-33-30-26-23-20-17-14-11-8-5-2/h9,12,16-21,25-28,30-31,38,41,56H,4-8,10-11,13-15,22-24,29,32-37,39-40,42-55H2,1-3H3/b12-9-,19-16-,20-17-,21-18-,28-25-,30-26-,31-27-,41-38-/t56-/m1/s1. The number of esters is 3. The largest absolute Gasteiger partial charge is 0.462 e. The van der Waals surface area contributed by atoms with Gasteiger partial charge in [0.15, 0.2) is 6.10 Å². The Kier molecular flexibility index (Phi) is 50.0. The van der Waals surface area contributed by atoms with Gasteiger partial charge in [0, 0.05) is 19.3 Å². The molecule has 0 saturated heterocycles. The van der Waals surface area contributed by atoms with Crippen LogP contribution in [0.2, 0.25) is 0 Å². The van der Waals surface area contributed by atoms with Gasteiger partial charge >= 0.3 is 17.9 Å². The molecule has 370 valence electrons. The lowest BCUT2D eigenvalue weighted by Crippen LogP contribution is -2.30. The molecule has 65 heavy (non-hydrogen) atoms. The van der Waals surface area contributed by atoms with Gasteiger partial charge in [-0.05, 0) is 122 Å². The van der Waals surface area contributed by atoms with Gasteiger partial charge in [-0.1, -0.05) is 195 Å². The molecule has 0 aliphatic carbocycles. The highest BCUT2D eigenvalue weighted by molar-refractivity contribution is 5.71. The predicted molar refractivity (Wildman–Crippen MR) is 279 cm³/mol. The van der Waals surface area contributed by atoms with Gasteiger partial charge in [0.2, 0.25) is 0 Å². The summed E-state index contributed by atoms with van der Waals surface area (Å²) in [6.45, 7) is 6.41. The van der Waals surface area contributed by atoms with E-state index in [0.29, 0.717) is 19.3 Å². The molecule has 6 heteroatoms. The topological polar surface area (TPSA) is 78.9 Å². The van der Waals surface area contributed by atoms with Crippen LogP contribution in [0, 0.1) is 0 Å². The third kappa shape index (κ3) is 51.2. The summed E-state index contributed by atoms with van der Waals surface area (Å²) in [6.07, 6.45) is 69.6. The number of rotatable bonds is 47. The highest BCUT2D eigenvalue weighted by Gasteiger charge is 2.19. The van der Waals surface area contributed by atoms with Gasteiger partial charge < -0.3 is 14.2 Å². The van der Waals surface area contributed by atoms with Crippen molar-refractivity contribution in [3.63, 3.8) is 0 Å². The van der Waals surface area contributed by atoms with E-state index in [4.69, 9.17) is 14.2 Å². The van der Waals surface area contributed by atoms with Gasteiger partial charge in [-0.2, -0.15) is 0 Å². The van der Waals surface area contributed by atoms with Crippen LogP contribution in [0.1, 0.15) is 239 Å². The van der Waals surface area contributed by atoms with Gasteiger partial charge in [-0.25, -0.2) is 0 Å². The summed E-state index contributed by atoms with van der Waals surface area (Å²) in [5.74, 6) is -0.969. The minimum atomic E-state index is -0.809. The second-order valence-electron chi connectivity index (χ2n) is 17.4. The van der Waals surface area contributed by atoms with Crippen LogP contribution in [-0.4, -0.2) is 37.2 Å². The van der Waals surface area contributed by atoms with Gasteiger partial charge in [0.05, 0.1) is 0 Å². The summed E-state index contributed by atoms with van der Waals surface area (Å²) in [7, 11) is 0. The lowest BCUT2D eigenvalue weighted by Gasteiger charge is -2.18. The monoisotopic (exact) mass is 903 g/mol. The van der Waals surface area contributed by atoms with Crippen LogP contribution in [0.15, 0.2) is 97.2 Å². The molecule has 1 atom stereocenters. The van der Waals surface area contributed by atoms with E-state index in [1.54, 1.807) is 0 Å². The zero-order chi connectivity index (χ0) is 47.2. The first kappa shape index (κ1) is 61.3. The minimum absolute atomic E-state index is 0.104. The second-order valence-corrected chi connectivity index (χ2v) is 17.4. The smallest absolute Gasteiger partial charge is 0.306 e. The Morgan fingerprint density at radius 3 is 0.969 bits per heavy atom. The lowest BCUT2D eigenvalue weighted by molar-refractivity contribution is -0.167. The zero-order valence-electron chi connectivity index (χ0n) is 42.2. The first-order valence-corrected chi connectivity index (χ1v) is 26.7. The number of allylic oxidation sites excluding steroid dienone is 16. The Bertz CT molecular complexity index is 1310. The second kappa shape index (κ2) is 52.9. The number of carbonyl (C=O) groups excluding carboxylic acids is 3. The summed E-state index contributed by atoms with van der Waals surface area (Å²) >= 11 is 0. The van der Waals surface area contributed by atoms with Crippen molar-refractivity contribution in [3.8, 4) is 0 Å². The molecule has 0 aromatic heterocycles. The molecule has 0 amide bonds. The van der Waals surface area contributed by atoms with E-state index in [0.717, 1.165) is 116 Å². The molecule has 0 unspecified atom stereocenters. The van der Waals surface area contributed by atoms with Crippen LogP contribution in [0.25, 0.3) is 0 Å². The van der Waals surface area contributed by atoms with Crippen molar-refractivity contribution < 1.29 is 28.6 Å². The molecule has 0 N–H and O–H groups in total. The molecule has 0 radical (unpaired) electrons. The van der Waals surface area contributed by atoms with Crippen LogP contribution in [0.5, 0.6) is 0 Å². The Morgan fingerprint density at radius 1 is 0.323 bits per heavy atom. The normalized spacial score (nSPS) is 12.8. The van der Waals surface area contributed by atoms with Crippen molar-refractivity contribution in [2.75, 3.05) is 13.2 Å². The fourth-order valence-corrected chi connectivity index (χ4v) is 7.02. The maximum absolute atomic E-state index is 12.8. The van der Waals surface area contributed by atoms with Crippen molar-refractivity contribution in [2.24, 2.45) is 0 Å². The van der Waals surface area contributed by atoms with Crippen LogP contribution < -0.4 is 0 Å². The van der Waals surface area contributed by atoms with Crippen molar-refractivity contribution in [3.05, 3.63) is 97.2 Å². The maximum atomic E-state index is 12.8. The van der Waals surface area contributed by atoms with E-state index >= 15 is 0 Å². The molecule has 0 heterocycles. The van der Waals surface area contributed by atoms with Crippen molar-refractivity contribution >= 4 is 17.9 Å². The number of hydrogen-bond donors (Lipinski definition) is 0. The summed E-state index contributed by atoms with van der Waals surface area (Å²) in [6, 6.07) is 0. The average Bonchev–Trinajstić information content (AvgIpc) is 3.30. The minimum Gasteiger partial charge on any atom is -0.462 e. The first-order valence-electron chi connectivity index (χ1n) is 26.7. The summed E-state index contributed by atoms with van der Waals surface area (Å²) in [4.78, 5) is 38.0. The van der Waals surface area contributed by atoms with Crippen molar-refractivity contribution in [2.45, 2.75) is 245 Å². The molecule has 6 nitrogen and oxygen atoms in total. The molecule has 0 fully saturated rings. The molecule has 0 bridgehead atoms. The van der Waals surface area contributed by atoms with E-state index in [-0.39, 0.29) is 37.5 Å². The van der Waals surface area contributed by atoms with Gasteiger partial charge in [-0.3, -0.25) is 14.4 Å². The first-order chi connectivity index (χ1) is 32.0. The number of carbonyl (C=O) groups is 3. The summed E-state index contributed by atoms with van der Waals surface area (Å²) in [5, 5.41) is 0. The Labute approximate surface area is 400 Å².